The molecular weight excluding hydrogens is 309 g/mol. The van der Waals surface area contributed by atoms with E-state index in [1.165, 1.54) is 4.90 Å². The van der Waals surface area contributed by atoms with E-state index >= 15 is 0 Å². The Morgan fingerprint density at radius 2 is 2.00 bits per heavy atom. The minimum absolute atomic E-state index is 0.145. The number of amides is 2. The van der Waals surface area contributed by atoms with Gasteiger partial charge in [-0.05, 0) is 37.3 Å². The fraction of sp³-hybridized carbons (Fsp3) is 0.375. The van der Waals surface area contributed by atoms with Crippen LogP contribution in [0.15, 0.2) is 30.4 Å². The van der Waals surface area contributed by atoms with Gasteiger partial charge in [-0.15, -0.1) is 0 Å². The van der Waals surface area contributed by atoms with Crippen molar-refractivity contribution in [2.24, 2.45) is 23.2 Å². The van der Waals surface area contributed by atoms with Crippen molar-refractivity contribution in [1.82, 2.24) is 0 Å². The van der Waals surface area contributed by atoms with Crippen molar-refractivity contribution >= 4 is 40.7 Å². The summed E-state index contributed by atoms with van der Waals surface area (Å²) in [5, 5.41) is 0.600. The summed E-state index contributed by atoms with van der Waals surface area (Å²) in [6.45, 7) is 1.91. The lowest BCUT2D eigenvalue weighted by molar-refractivity contribution is -0.127. The molecule has 0 radical (unpaired) electrons. The number of benzene rings is 1. The molecule has 2 bridgehead atoms. The monoisotopic (exact) mass is 321 g/mol. The van der Waals surface area contributed by atoms with Crippen LogP contribution in [-0.2, 0) is 9.59 Å². The zero-order chi connectivity index (χ0) is 14.9. The molecule has 1 heterocycles. The SMILES string of the molecule is C[C@@]12C(=O)N(c3cccc(Cl)c3Cl)C(=O)[C@@H]1[C@H]1C=C[C@H]2C1. The molecule has 4 atom stereocenters. The van der Waals surface area contributed by atoms with Gasteiger partial charge >= 0.3 is 0 Å². The molecule has 2 fully saturated rings. The number of carbonyl (C=O) groups excluding carboxylic acids is 2. The van der Waals surface area contributed by atoms with Gasteiger partial charge in [0.25, 0.3) is 0 Å². The highest BCUT2D eigenvalue weighted by atomic mass is 35.5. The van der Waals surface area contributed by atoms with Gasteiger partial charge in [-0.3, -0.25) is 9.59 Å². The van der Waals surface area contributed by atoms with Crippen LogP contribution < -0.4 is 4.90 Å². The third-order valence-electron chi connectivity index (χ3n) is 5.28. The third kappa shape index (κ3) is 1.46. The molecule has 108 valence electrons. The number of halogens is 2. The molecular formula is C16H13Cl2NO2. The van der Waals surface area contributed by atoms with Gasteiger partial charge in [0.05, 0.1) is 27.1 Å². The second kappa shape index (κ2) is 4.11. The summed E-state index contributed by atoms with van der Waals surface area (Å²) in [5.41, 5.74) is -0.239. The van der Waals surface area contributed by atoms with Gasteiger partial charge in [-0.25, -0.2) is 4.90 Å². The van der Waals surface area contributed by atoms with Crippen molar-refractivity contribution in [2.45, 2.75) is 13.3 Å². The van der Waals surface area contributed by atoms with Crippen LogP contribution in [-0.4, -0.2) is 11.8 Å². The van der Waals surface area contributed by atoms with E-state index in [2.05, 4.69) is 12.2 Å². The second-order valence-electron chi connectivity index (χ2n) is 6.20. The van der Waals surface area contributed by atoms with Crippen molar-refractivity contribution in [3.8, 4) is 0 Å². The first kappa shape index (κ1) is 13.4. The zero-order valence-electron chi connectivity index (χ0n) is 11.3. The Labute approximate surface area is 132 Å². The van der Waals surface area contributed by atoms with Gasteiger partial charge in [0.2, 0.25) is 11.8 Å². The molecule has 1 saturated carbocycles. The average molecular weight is 322 g/mol. The highest BCUT2D eigenvalue weighted by molar-refractivity contribution is 6.45. The first-order chi connectivity index (χ1) is 9.96. The molecule has 1 aromatic carbocycles. The molecule has 3 nitrogen and oxygen atoms in total. The summed E-state index contributed by atoms with van der Waals surface area (Å²) in [6.07, 6.45) is 5.05. The number of nitrogens with zero attached hydrogens (tertiary/aromatic N) is 1. The summed E-state index contributed by atoms with van der Waals surface area (Å²) in [6, 6.07) is 5.02. The Balaban J connectivity index is 1.85. The number of hydrogen-bond acceptors (Lipinski definition) is 2. The van der Waals surface area contributed by atoms with E-state index in [9.17, 15) is 9.59 Å². The van der Waals surface area contributed by atoms with E-state index in [1.54, 1.807) is 18.2 Å². The van der Waals surface area contributed by atoms with Crippen molar-refractivity contribution in [2.75, 3.05) is 4.90 Å². The van der Waals surface area contributed by atoms with E-state index in [0.717, 1.165) is 6.42 Å². The highest BCUT2D eigenvalue weighted by Gasteiger charge is 2.67. The molecule has 0 N–H and O–H groups in total. The van der Waals surface area contributed by atoms with E-state index in [1.807, 2.05) is 6.92 Å². The van der Waals surface area contributed by atoms with Crippen LogP contribution in [0.5, 0.6) is 0 Å². The molecule has 2 aliphatic carbocycles. The van der Waals surface area contributed by atoms with Crippen LogP contribution >= 0.6 is 23.2 Å². The molecule has 0 spiro atoms. The van der Waals surface area contributed by atoms with Gasteiger partial charge in [-0.2, -0.15) is 0 Å². The standard InChI is InChI=1S/C16H13Cl2NO2/c1-16-9-6-5-8(7-9)12(16)14(20)19(15(16)21)11-4-2-3-10(17)13(11)18/h2-6,8-9,12H,7H2,1H3/t8-,9-,12-,16-/m0/s1. The minimum atomic E-state index is -0.637. The Kier molecular flexibility index (Phi) is 2.61. The van der Waals surface area contributed by atoms with Crippen molar-refractivity contribution in [3.63, 3.8) is 0 Å². The Morgan fingerprint density at radius 3 is 2.71 bits per heavy atom. The van der Waals surface area contributed by atoms with E-state index in [4.69, 9.17) is 23.2 Å². The number of imide groups is 1. The number of anilines is 1. The number of rotatable bonds is 1. The number of carbonyl (C=O) groups is 2. The predicted molar refractivity (Wildman–Crippen MR) is 81.3 cm³/mol. The summed E-state index contributed by atoms with van der Waals surface area (Å²) >= 11 is 12.2. The average Bonchev–Trinajstić information content (AvgIpc) is 3.07. The van der Waals surface area contributed by atoms with Crippen molar-refractivity contribution < 1.29 is 9.59 Å². The molecule has 2 amide bonds. The van der Waals surface area contributed by atoms with Crippen molar-refractivity contribution in [3.05, 3.63) is 40.4 Å². The Morgan fingerprint density at radius 1 is 1.24 bits per heavy atom. The first-order valence-electron chi connectivity index (χ1n) is 6.97. The smallest absolute Gasteiger partial charge is 0.241 e. The lowest BCUT2D eigenvalue weighted by Gasteiger charge is -2.28. The van der Waals surface area contributed by atoms with Gasteiger partial charge in [0, 0.05) is 0 Å². The van der Waals surface area contributed by atoms with Crippen LogP contribution in [0.2, 0.25) is 10.0 Å². The Hall–Kier alpha value is -1.32. The lowest BCUT2D eigenvalue weighted by atomic mass is 9.71. The molecule has 0 unspecified atom stereocenters. The maximum absolute atomic E-state index is 12.9. The second-order valence-corrected chi connectivity index (χ2v) is 6.99. The summed E-state index contributed by atoms with van der Waals surface area (Å²) in [4.78, 5) is 27.0. The summed E-state index contributed by atoms with van der Waals surface area (Å²) in [5.74, 6) is -0.261. The molecule has 1 aromatic rings. The molecule has 21 heavy (non-hydrogen) atoms. The maximum atomic E-state index is 12.9. The summed E-state index contributed by atoms with van der Waals surface area (Å²) in [7, 11) is 0. The molecule has 3 aliphatic rings. The molecule has 1 saturated heterocycles. The van der Waals surface area contributed by atoms with Gasteiger partial charge in [0.1, 0.15) is 0 Å². The number of fused-ring (bicyclic) bond motifs is 5. The van der Waals surface area contributed by atoms with Crippen LogP contribution in [0.1, 0.15) is 13.3 Å². The number of hydrogen-bond donors (Lipinski definition) is 0. The van der Waals surface area contributed by atoms with Gasteiger partial charge in [0.15, 0.2) is 0 Å². The lowest BCUT2D eigenvalue weighted by Crippen LogP contribution is -2.37. The summed E-state index contributed by atoms with van der Waals surface area (Å²) < 4.78 is 0. The molecule has 4 rings (SSSR count). The van der Waals surface area contributed by atoms with Crippen LogP contribution in [0.25, 0.3) is 0 Å². The van der Waals surface area contributed by atoms with Crippen LogP contribution in [0.3, 0.4) is 0 Å². The van der Waals surface area contributed by atoms with Gasteiger partial charge in [-0.1, -0.05) is 41.4 Å². The van der Waals surface area contributed by atoms with Gasteiger partial charge < -0.3 is 0 Å². The fourth-order valence-corrected chi connectivity index (χ4v) is 4.58. The van der Waals surface area contributed by atoms with Crippen LogP contribution in [0.4, 0.5) is 5.69 Å². The third-order valence-corrected chi connectivity index (χ3v) is 6.09. The largest absolute Gasteiger partial charge is 0.274 e. The van der Waals surface area contributed by atoms with E-state index < -0.39 is 5.41 Å². The molecule has 0 aromatic heterocycles. The van der Waals surface area contributed by atoms with E-state index in [-0.39, 0.29) is 34.6 Å². The Bertz CT molecular complexity index is 714. The van der Waals surface area contributed by atoms with Crippen molar-refractivity contribution in [1.29, 1.82) is 0 Å². The molecule has 5 heteroatoms. The predicted octanol–water partition coefficient (Wildman–Crippen LogP) is 3.70. The van der Waals surface area contributed by atoms with E-state index in [0.29, 0.717) is 10.7 Å². The fourth-order valence-electron chi connectivity index (χ4n) is 4.20. The minimum Gasteiger partial charge on any atom is -0.274 e. The number of allylic oxidation sites excluding steroid dienone is 2. The highest BCUT2D eigenvalue weighted by Crippen LogP contribution is 2.61. The zero-order valence-corrected chi connectivity index (χ0v) is 12.9. The molecule has 1 aliphatic heterocycles. The normalized spacial score (nSPS) is 36.7. The topological polar surface area (TPSA) is 37.4 Å². The maximum Gasteiger partial charge on any atom is 0.241 e. The quantitative estimate of drug-likeness (QED) is 0.584. The van der Waals surface area contributed by atoms with Crippen LogP contribution in [0, 0.1) is 23.2 Å². The first-order valence-corrected chi connectivity index (χ1v) is 7.72.